The first-order chi connectivity index (χ1) is 14.4. The highest BCUT2D eigenvalue weighted by Gasteiger charge is 2.54. The molecule has 0 saturated carbocycles. The van der Waals surface area contributed by atoms with Gasteiger partial charge in [-0.25, -0.2) is 4.79 Å². The third kappa shape index (κ3) is 3.66. The molecule has 0 bridgehead atoms. The molecule has 0 radical (unpaired) electrons. The molecule has 8 heteroatoms. The SMILES string of the molecule is O=C(O)C1COC2(CCN(C(=O)c3cccc(Cl)c3)CC2)N1C(=O)c1ccccc1. The fourth-order valence-corrected chi connectivity index (χ4v) is 4.33. The summed E-state index contributed by atoms with van der Waals surface area (Å²) < 4.78 is 5.93. The zero-order valence-corrected chi connectivity index (χ0v) is 16.9. The van der Waals surface area contributed by atoms with E-state index < -0.39 is 17.7 Å². The molecule has 1 unspecified atom stereocenters. The van der Waals surface area contributed by atoms with Gasteiger partial charge in [-0.05, 0) is 30.3 Å². The summed E-state index contributed by atoms with van der Waals surface area (Å²) in [5.74, 6) is -1.63. The van der Waals surface area contributed by atoms with Crippen molar-refractivity contribution in [3.05, 3.63) is 70.7 Å². The van der Waals surface area contributed by atoms with Gasteiger partial charge in [0.15, 0.2) is 6.04 Å². The molecule has 1 atom stereocenters. The third-order valence-electron chi connectivity index (χ3n) is 5.69. The monoisotopic (exact) mass is 428 g/mol. The van der Waals surface area contributed by atoms with Gasteiger partial charge in [-0.15, -0.1) is 0 Å². The number of likely N-dealkylation sites (tertiary alicyclic amines) is 1. The summed E-state index contributed by atoms with van der Waals surface area (Å²) in [7, 11) is 0. The Morgan fingerprint density at radius 2 is 1.63 bits per heavy atom. The summed E-state index contributed by atoms with van der Waals surface area (Å²) in [6.07, 6.45) is 0.670. The number of nitrogens with zero attached hydrogens (tertiary/aromatic N) is 2. The third-order valence-corrected chi connectivity index (χ3v) is 5.92. The summed E-state index contributed by atoms with van der Waals surface area (Å²) >= 11 is 5.99. The molecule has 2 saturated heterocycles. The van der Waals surface area contributed by atoms with Crippen LogP contribution >= 0.6 is 11.6 Å². The fourth-order valence-electron chi connectivity index (χ4n) is 4.14. The molecule has 1 N–H and O–H groups in total. The lowest BCUT2D eigenvalue weighted by atomic mass is 9.96. The Hall–Kier alpha value is -2.90. The number of rotatable bonds is 3. The van der Waals surface area contributed by atoms with Crippen molar-refractivity contribution in [1.29, 1.82) is 0 Å². The fraction of sp³-hybridized carbons (Fsp3) is 0.318. The number of carbonyl (C=O) groups is 3. The number of carboxylic acids is 1. The lowest BCUT2D eigenvalue weighted by molar-refractivity contribution is -0.143. The standard InChI is InChI=1S/C22H21ClN2O5/c23-17-8-4-7-16(13-17)19(26)24-11-9-22(10-12-24)25(18(14-30-22)21(28)29)20(27)15-5-2-1-3-6-15/h1-8,13,18H,9-12,14H2,(H,28,29). The number of hydrogen-bond acceptors (Lipinski definition) is 4. The van der Waals surface area contributed by atoms with E-state index in [9.17, 15) is 19.5 Å². The minimum Gasteiger partial charge on any atom is -0.480 e. The van der Waals surface area contributed by atoms with Gasteiger partial charge in [0.2, 0.25) is 0 Å². The summed E-state index contributed by atoms with van der Waals surface area (Å²) in [6.45, 7) is 0.614. The van der Waals surface area contributed by atoms with Gasteiger partial charge in [0, 0.05) is 42.1 Å². The number of halogens is 1. The molecule has 30 heavy (non-hydrogen) atoms. The maximum absolute atomic E-state index is 13.2. The van der Waals surface area contributed by atoms with Crippen LogP contribution in [0.3, 0.4) is 0 Å². The average molecular weight is 429 g/mol. The second-order valence-electron chi connectivity index (χ2n) is 7.45. The first-order valence-corrected chi connectivity index (χ1v) is 10.1. The van der Waals surface area contributed by atoms with E-state index in [1.165, 1.54) is 4.90 Å². The van der Waals surface area contributed by atoms with E-state index in [0.29, 0.717) is 42.1 Å². The summed E-state index contributed by atoms with van der Waals surface area (Å²) in [6, 6.07) is 14.3. The summed E-state index contributed by atoms with van der Waals surface area (Å²) in [5, 5.41) is 10.1. The highest BCUT2D eigenvalue weighted by atomic mass is 35.5. The number of amides is 2. The van der Waals surface area contributed by atoms with Gasteiger partial charge in [0.25, 0.3) is 11.8 Å². The van der Waals surface area contributed by atoms with Gasteiger partial charge >= 0.3 is 5.97 Å². The van der Waals surface area contributed by atoms with Crippen molar-refractivity contribution >= 4 is 29.4 Å². The maximum Gasteiger partial charge on any atom is 0.328 e. The zero-order valence-electron chi connectivity index (χ0n) is 16.2. The van der Waals surface area contributed by atoms with Gasteiger partial charge in [-0.3, -0.25) is 14.5 Å². The van der Waals surface area contributed by atoms with E-state index in [4.69, 9.17) is 16.3 Å². The van der Waals surface area contributed by atoms with Crippen LogP contribution in [-0.2, 0) is 9.53 Å². The van der Waals surface area contributed by atoms with Gasteiger partial charge in [0.1, 0.15) is 5.72 Å². The van der Waals surface area contributed by atoms with Crippen LogP contribution in [0.2, 0.25) is 5.02 Å². The molecule has 0 aliphatic carbocycles. The van der Waals surface area contributed by atoms with Crippen LogP contribution in [0.25, 0.3) is 0 Å². The van der Waals surface area contributed by atoms with Crippen LogP contribution in [-0.4, -0.2) is 64.2 Å². The van der Waals surface area contributed by atoms with Crippen molar-refractivity contribution in [1.82, 2.24) is 9.80 Å². The first-order valence-electron chi connectivity index (χ1n) is 9.72. The smallest absolute Gasteiger partial charge is 0.328 e. The Balaban J connectivity index is 1.55. The van der Waals surface area contributed by atoms with Gasteiger partial charge in [0.05, 0.1) is 6.61 Å². The molecule has 2 amide bonds. The molecule has 2 aromatic rings. The lowest BCUT2D eigenvalue weighted by Crippen LogP contribution is -2.58. The van der Waals surface area contributed by atoms with Crippen LogP contribution in [0.1, 0.15) is 33.6 Å². The number of aliphatic carboxylic acids is 1. The van der Waals surface area contributed by atoms with Crippen LogP contribution < -0.4 is 0 Å². The van der Waals surface area contributed by atoms with E-state index >= 15 is 0 Å². The minimum atomic E-state index is -1.10. The molecule has 2 aliphatic rings. The number of carboxylic acid groups (broad SMARTS) is 1. The lowest BCUT2D eigenvalue weighted by Gasteiger charge is -2.44. The second-order valence-corrected chi connectivity index (χ2v) is 7.89. The molecule has 2 aliphatic heterocycles. The van der Waals surface area contributed by atoms with Gasteiger partial charge in [-0.2, -0.15) is 0 Å². The average Bonchev–Trinajstić information content (AvgIpc) is 3.13. The topological polar surface area (TPSA) is 87.2 Å². The number of ether oxygens (including phenoxy) is 1. The molecule has 2 aromatic carbocycles. The van der Waals surface area contributed by atoms with E-state index in [2.05, 4.69) is 0 Å². The quantitative estimate of drug-likeness (QED) is 0.812. The number of hydrogen-bond donors (Lipinski definition) is 1. The van der Waals surface area contributed by atoms with E-state index in [1.807, 2.05) is 0 Å². The van der Waals surface area contributed by atoms with Crippen LogP contribution in [0, 0.1) is 0 Å². The number of piperidine rings is 1. The largest absolute Gasteiger partial charge is 0.480 e. The zero-order chi connectivity index (χ0) is 21.3. The van der Waals surface area contributed by atoms with E-state index in [1.54, 1.807) is 59.5 Å². The maximum atomic E-state index is 13.2. The Bertz CT molecular complexity index is 973. The molecule has 0 aromatic heterocycles. The molecular formula is C22H21ClN2O5. The van der Waals surface area contributed by atoms with E-state index in [0.717, 1.165) is 0 Å². The summed E-state index contributed by atoms with van der Waals surface area (Å²) in [5.41, 5.74) is -0.140. The Kier molecular flexibility index (Phi) is 5.49. The summed E-state index contributed by atoms with van der Waals surface area (Å²) in [4.78, 5) is 40.9. The predicted octanol–water partition coefficient (Wildman–Crippen LogP) is 2.90. The van der Waals surface area contributed by atoms with Crippen molar-refractivity contribution in [3.8, 4) is 0 Å². The normalized spacial score (nSPS) is 20.4. The van der Waals surface area contributed by atoms with Gasteiger partial charge in [-0.1, -0.05) is 35.9 Å². The molecule has 2 heterocycles. The van der Waals surface area contributed by atoms with Crippen molar-refractivity contribution in [2.45, 2.75) is 24.6 Å². The predicted molar refractivity (Wildman–Crippen MR) is 109 cm³/mol. The molecule has 1 spiro atoms. The first kappa shape index (κ1) is 20.4. The Morgan fingerprint density at radius 1 is 0.967 bits per heavy atom. The van der Waals surface area contributed by atoms with Crippen LogP contribution in [0.4, 0.5) is 0 Å². The Morgan fingerprint density at radius 3 is 2.27 bits per heavy atom. The van der Waals surface area contributed by atoms with Crippen molar-refractivity contribution < 1.29 is 24.2 Å². The molecule has 4 rings (SSSR count). The Labute approximate surface area is 178 Å². The minimum absolute atomic E-state index is 0.0733. The van der Waals surface area contributed by atoms with Crippen molar-refractivity contribution in [3.63, 3.8) is 0 Å². The molecule has 156 valence electrons. The molecular weight excluding hydrogens is 408 g/mol. The highest BCUT2D eigenvalue weighted by Crippen LogP contribution is 2.38. The number of benzene rings is 2. The van der Waals surface area contributed by atoms with Crippen LogP contribution in [0.15, 0.2) is 54.6 Å². The second kappa shape index (κ2) is 8.08. The van der Waals surface area contributed by atoms with E-state index in [-0.39, 0.29) is 18.4 Å². The van der Waals surface area contributed by atoms with Crippen molar-refractivity contribution in [2.75, 3.05) is 19.7 Å². The molecule has 7 nitrogen and oxygen atoms in total. The number of carbonyl (C=O) groups excluding carboxylic acids is 2. The van der Waals surface area contributed by atoms with Crippen LogP contribution in [0.5, 0.6) is 0 Å². The molecule has 2 fully saturated rings. The van der Waals surface area contributed by atoms with Crippen molar-refractivity contribution in [2.24, 2.45) is 0 Å². The highest BCUT2D eigenvalue weighted by molar-refractivity contribution is 6.30. The van der Waals surface area contributed by atoms with Gasteiger partial charge < -0.3 is 14.7 Å².